The first kappa shape index (κ1) is 29.6. The molecule has 242 valence electrons. The van der Waals surface area contributed by atoms with E-state index in [1.54, 1.807) is 0 Å². The molecule has 3 aromatic heterocycles. The monoisotopic (exact) mass is 664 g/mol. The summed E-state index contributed by atoms with van der Waals surface area (Å²) in [4.78, 5) is 10.1. The van der Waals surface area contributed by atoms with Gasteiger partial charge in [0.1, 0.15) is 22.8 Å². The zero-order valence-electron chi connectivity index (χ0n) is 27.9. The fourth-order valence-corrected chi connectivity index (χ4v) is 7.50. The van der Waals surface area contributed by atoms with Crippen molar-refractivity contribution in [3.05, 3.63) is 175 Å². The van der Waals surface area contributed by atoms with E-state index in [0.717, 1.165) is 55.3 Å². The quantitative estimate of drug-likeness (QED) is 0.184. The minimum atomic E-state index is 0.417. The molecule has 0 radical (unpaired) electrons. The molecule has 0 aliphatic carbocycles. The zero-order chi connectivity index (χ0) is 34.6. The fraction of sp³-hybridized carbons (Fsp3) is 0. The summed E-state index contributed by atoms with van der Waals surface area (Å²) in [6.07, 6.45) is 0. The van der Waals surface area contributed by atoms with Gasteiger partial charge in [0.15, 0.2) is 5.82 Å². The van der Waals surface area contributed by atoms with E-state index in [2.05, 4.69) is 89.5 Å². The average Bonchev–Trinajstić information content (AvgIpc) is 3.76. The topological polar surface area (TPSA) is 67.6 Å². The molecule has 5 nitrogen and oxygen atoms in total. The third kappa shape index (κ3) is 4.70. The van der Waals surface area contributed by atoms with Crippen molar-refractivity contribution < 1.29 is 4.42 Å². The lowest BCUT2D eigenvalue weighted by atomic mass is 9.97. The lowest BCUT2D eigenvalue weighted by Gasteiger charge is -2.13. The molecule has 0 saturated heterocycles. The van der Waals surface area contributed by atoms with Gasteiger partial charge in [-0.25, -0.2) is 9.97 Å². The van der Waals surface area contributed by atoms with Crippen LogP contribution >= 0.6 is 0 Å². The average molecular weight is 665 g/mol. The van der Waals surface area contributed by atoms with E-state index in [1.165, 1.54) is 21.9 Å². The first-order chi connectivity index (χ1) is 25.7. The Kier molecular flexibility index (Phi) is 6.80. The number of nitrogens with zero attached hydrogens (tertiary/aromatic N) is 4. The molecule has 0 fully saturated rings. The summed E-state index contributed by atoms with van der Waals surface area (Å²) in [6.45, 7) is 0. The van der Waals surface area contributed by atoms with Crippen molar-refractivity contribution in [3.8, 4) is 56.8 Å². The van der Waals surface area contributed by atoms with Gasteiger partial charge in [0.25, 0.3) is 0 Å². The normalized spacial score (nSPS) is 11.4. The molecule has 0 unspecified atom stereocenters. The van der Waals surface area contributed by atoms with Gasteiger partial charge in [0.05, 0.1) is 22.4 Å². The summed E-state index contributed by atoms with van der Waals surface area (Å²) < 4.78 is 8.82. The third-order valence-corrected chi connectivity index (χ3v) is 9.87. The first-order valence-corrected chi connectivity index (χ1v) is 17.2. The molecule has 0 saturated carbocycles. The van der Waals surface area contributed by atoms with Crippen LogP contribution in [0.3, 0.4) is 0 Å². The molecule has 5 heteroatoms. The second kappa shape index (κ2) is 11.9. The van der Waals surface area contributed by atoms with Crippen LogP contribution in [0.1, 0.15) is 5.56 Å². The second-order valence-corrected chi connectivity index (χ2v) is 12.9. The van der Waals surface area contributed by atoms with Crippen LogP contribution in [0.25, 0.3) is 94.5 Å². The maximum Gasteiger partial charge on any atom is 0.160 e. The van der Waals surface area contributed by atoms with Crippen molar-refractivity contribution in [2.24, 2.45) is 0 Å². The Morgan fingerprint density at radius 2 is 1.15 bits per heavy atom. The fourth-order valence-electron chi connectivity index (χ4n) is 7.50. The van der Waals surface area contributed by atoms with Crippen LogP contribution in [-0.4, -0.2) is 14.5 Å². The van der Waals surface area contributed by atoms with E-state index in [9.17, 15) is 5.26 Å². The van der Waals surface area contributed by atoms with E-state index in [4.69, 9.17) is 14.4 Å². The van der Waals surface area contributed by atoms with Crippen LogP contribution in [-0.2, 0) is 0 Å². The van der Waals surface area contributed by atoms with Crippen LogP contribution in [0.2, 0.25) is 0 Å². The van der Waals surface area contributed by atoms with Gasteiger partial charge in [0.2, 0.25) is 0 Å². The van der Waals surface area contributed by atoms with Crippen molar-refractivity contribution in [1.29, 1.82) is 5.26 Å². The molecule has 0 N–H and O–H groups in total. The lowest BCUT2D eigenvalue weighted by molar-refractivity contribution is 0.669. The molecule has 10 aromatic rings. The minimum absolute atomic E-state index is 0.417. The Morgan fingerprint density at radius 1 is 0.481 bits per heavy atom. The van der Waals surface area contributed by atoms with Gasteiger partial charge in [-0.15, -0.1) is 0 Å². The van der Waals surface area contributed by atoms with Gasteiger partial charge in [-0.3, -0.25) is 0 Å². The summed E-state index contributed by atoms with van der Waals surface area (Å²) >= 11 is 0. The van der Waals surface area contributed by atoms with Gasteiger partial charge in [-0.2, -0.15) is 5.26 Å². The van der Waals surface area contributed by atoms with Crippen LogP contribution in [0.15, 0.2) is 174 Å². The molecule has 52 heavy (non-hydrogen) atoms. The largest absolute Gasteiger partial charge is 0.456 e. The smallest absolute Gasteiger partial charge is 0.160 e. The van der Waals surface area contributed by atoms with Crippen molar-refractivity contribution >= 4 is 43.7 Å². The Morgan fingerprint density at radius 3 is 1.92 bits per heavy atom. The van der Waals surface area contributed by atoms with Gasteiger partial charge in [0, 0.05) is 43.9 Å². The second-order valence-electron chi connectivity index (χ2n) is 12.9. The minimum Gasteiger partial charge on any atom is -0.456 e. The first-order valence-electron chi connectivity index (χ1n) is 17.2. The number of rotatable bonds is 5. The van der Waals surface area contributed by atoms with Crippen molar-refractivity contribution in [1.82, 2.24) is 14.5 Å². The molecule has 0 spiro atoms. The van der Waals surface area contributed by atoms with Crippen LogP contribution in [0.4, 0.5) is 0 Å². The SMILES string of the molecule is N#Cc1c(-c2ccccc2)nc(-c2ccccc2)nc1-c1cccc2oc3ccc(-n4c5ccccc5c5cc(-c6ccccc6)ccc54)cc3c12. The van der Waals surface area contributed by atoms with Gasteiger partial charge < -0.3 is 8.98 Å². The van der Waals surface area contributed by atoms with E-state index < -0.39 is 0 Å². The highest BCUT2D eigenvalue weighted by Gasteiger charge is 2.23. The van der Waals surface area contributed by atoms with Gasteiger partial charge >= 0.3 is 0 Å². The molecule has 3 heterocycles. The standard InChI is InChI=1S/C47H28N4O/c48-29-39-45(31-15-6-2-7-16-31)49-47(32-17-8-3-9-18-32)50-46(39)36-20-12-22-43-44(36)38-28-34(24-26-42(38)52-43)51-40-21-11-10-19-35(40)37-27-33(23-25-41(37)51)30-13-4-1-5-14-30/h1-28H. The number of hydrogen-bond acceptors (Lipinski definition) is 4. The van der Waals surface area contributed by atoms with Crippen LogP contribution < -0.4 is 0 Å². The molecular formula is C47H28N4O. The zero-order valence-corrected chi connectivity index (χ0v) is 27.9. The lowest BCUT2D eigenvalue weighted by Crippen LogP contribution is -2.01. The van der Waals surface area contributed by atoms with E-state index in [-0.39, 0.29) is 0 Å². The van der Waals surface area contributed by atoms with Gasteiger partial charge in [-0.1, -0.05) is 127 Å². The number of hydrogen-bond donors (Lipinski definition) is 0. The van der Waals surface area contributed by atoms with Crippen LogP contribution in [0, 0.1) is 11.3 Å². The number of fused-ring (bicyclic) bond motifs is 6. The summed E-state index contributed by atoms with van der Waals surface area (Å²) in [5, 5.41) is 15.0. The maximum absolute atomic E-state index is 10.7. The summed E-state index contributed by atoms with van der Waals surface area (Å²) in [5.41, 5.74) is 11.2. The molecule has 7 aromatic carbocycles. The number of nitriles is 1. The Hall–Kier alpha value is -7.29. The maximum atomic E-state index is 10.7. The van der Waals surface area contributed by atoms with Crippen LogP contribution in [0.5, 0.6) is 0 Å². The molecule has 0 bridgehead atoms. The Labute approximate surface area is 299 Å². The number of benzene rings is 7. The third-order valence-electron chi connectivity index (χ3n) is 9.87. The van der Waals surface area contributed by atoms with Gasteiger partial charge in [-0.05, 0) is 53.6 Å². The van der Waals surface area contributed by atoms with E-state index in [0.29, 0.717) is 22.8 Å². The Balaban J connectivity index is 1.23. The molecule has 0 aliphatic rings. The highest BCUT2D eigenvalue weighted by atomic mass is 16.3. The molecule has 0 aliphatic heterocycles. The summed E-state index contributed by atoms with van der Waals surface area (Å²) in [7, 11) is 0. The molecule has 0 amide bonds. The molecular weight excluding hydrogens is 637 g/mol. The summed E-state index contributed by atoms with van der Waals surface area (Å²) in [5.74, 6) is 0.555. The predicted octanol–water partition coefficient (Wildman–Crippen LogP) is 12.0. The summed E-state index contributed by atoms with van der Waals surface area (Å²) in [6, 6.07) is 60.3. The van der Waals surface area contributed by atoms with E-state index >= 15 is 0 Å². The number of aromatic nitrogens is 3. The van der Waals surface area contributed by atoms with Crippen molar-refractivity contribution in [2.75, 3.05) is 0 Å². The highest BCUT2D eigenvalue weighted by molar-refractivity contribution is 6.14. The molecule has 0 atom stereocenters. The number of furan rings is 1. The predicted molar refractivity (Wildman–Crippen MR) is 210 cm³/mol. The number of para-hydroxylation sites is 1. The van der Waals surface area contributed by atoms with Crippen molar-refractivity contribution in [2.45, 2.75) is 0 Å². The molecule has 10 rings (SSSR count). The highest BCUT2D eigenvalue weighted by Crippen LogP contribution is 2.42. The van der Waals surface area contributed by atoms with E-state index in [1.807, 2.05) is 91.0 Å². The van der Waals surface area contributed by atoms with Crippen molar-refractivity contribution in [3.63, 3.8) is 0 Å². The Bertz CT molecular complexity index is 3010.